The summed E-state index contributed by atoms with van der Waals surface area (Å²) in [5.41, 5.74) is -1.21. The van der Waals surface area contributed by atoms with Gasteiger partial charge in [-0.15, -0.1) is 0 Å². The maximum absolute atomic E-state index is 15.3. The van der Waals surface area contributed by atoms with Crippen LogP contribution in [0.25, 0.3) is 11.1 Å². The second-order valence-corrected chi connectivity index (χ2v) is 12.6. The molecule has 0 radical (unpaired) electrons. The Labute approximate surface area is 237 Å². The Morgan fingerprint density at radius 1 is 1.02 bits per heavy atom. The number of rotatable bonds is 6. The monoisotopic (exact) mass is 585 g/mol. The molecule has 0 aromatic heterocycles. The number of carbonyl (C=O) groups is 2. The van der Waals surface area contributed by atoms with Crippen LogP contribution in [-0.2, 0) is 14.8 Å². The van der Waals surface area contributed by atoms with Crippen LogP contribution in [0.5, 0.6) is 0 Å². The summed E-state index contributed by atoms with van der Waals surface area (Å²) in [6, 6.07) is 16.1. The average Bonchev–Trinajstić information content (AvgIpc) is 3.28. The number of hydrogen-bond donors (Lipinski definition) is 3. The molecule has 0 bridgehead atoms. The SMILES string of the molecule is CC(C)(C)NS(=O)(=O)c1ccccc1-c1ccc(NC(=O)C2(C)CC=NN2C(=O)Nc2ccc(Cl)cc2)c(F)c1. The van der Waals surface area contributed by atoms with Crippen LogP contribution in [0.15, 0.2) is 76.7 Å². The lowest BCUT2D eigenvalue weighted by Gasteiger charge is -2.31. The topological polar surface area (TPSA) is 120 Å². The Balaban J connectivity index is 1.55. The highest BCUT2D eigenvalue weighted by Gasteiger charge is 2.45. The molecule has 0 spiro atoms. The minimum Gasteiger partial charge on any atom is -0.321 e. The predicted molar refractivity (Wildman–Crippen MR) is 154 cm³/mol. The van der Waals surface area contributed by atoms with E-state index in [1.807, 2.05) is 0 Å². The number of nitrogens with zero attached hydrogens (tertiary/aromatic N) is 2. The van der Waals surface area contributed by atoms with Crippen LogP contribution in [-0.4, -0.2) is 42.7 Å². The van der Waals surface area contributed by atoms with E-state index in [2.05, 4.69) is 20.5 Å². The Kier molecular flexibility index (Phi) is 8.02. The largest absolute Gasteiger partial charge is 0.343 e. The van der Waals surface area contributed by atoms with Crippen LogP contribution in [0, 0.1) is 5.82 Å². The summed E-state index contributed by atoms with van der Waals surface area (Å²) in [4.78, 5) is 26.2. The van der Waals surface area contributed by atoms with Crippen molar-refractivity contribution < 1.29 is 22.4 Å². The fourth-order valence-corrected chi connectivity index (χ4v) is 5.90. The first kappa shape index (κ1) is 29.2. The molecule has 0 aliphatic carbocycles. The number of sulfonamides is 1. The lowest BCUT2D eigenvalue weighted by molar-refractivity contribution is -0.124. The maximum atomic E-state index is 15.3. The molecule has 0 saturated heterocycles. The second kappa shape index (κ2) is 11.0. The highest BCUT2D eigenvalue weighted by molar-refractivity contribution is 7.89. The van der Waals surface area contributed by atoms with E-state index in [4.69, 9.17) is 11.6 Å². The number of halogens is 2. The number of amides is 3. The van der Waals surface area contributed by atoms with Crippen LogP contribution in [0.4, 0.5) is 20.6 Å². The van der Waals surface area contributed by atoms with E-state index in [0.717, 1.165) is 11.1 Å². The Morgan fingerprint density at radius 3 is 2.35 bits per heavy atom. The summed E-state index contributed by atoms with van der Waals surface area (Å²) >= 11 is 5.89. The van der Waals surface area contributed by atoms with Gasteiger partial charge in [-0.2, -0.15) is 10.1 Å². The number of anilines is 2. The lowest BCUT2D eigenvalue weighted by Crippen LogP contribution is -2.53. The Bertz CT molecular complexity index is 1590. The van der Waals surface area contributed by atoms with Gasteiger partial charge in [0.2, 0.25) is 10.0 Å². The van der Waals surface area contributed by atoms with Gasteiger partial charge in [0, 0.05) is 34.4 Å². The quantitative estimate of drug-likeness (QED) is 0.336. The van der Waals surface area contributed by atoms with Gasteiger partial charge in [0.1, 0.15) is 11.4 Å². The molecule has 0 saturated carbocycles. The molecule has 9 nitrogen and oxygen atoms in total. The highest BCUT2D eigenvalue weighted by atomic mass is 35.5. The van der Waals surface area contributed by atoms with Crippen molar-refractivity contribution in [2.75, 3.05) is 10.6 Å². The van der Waals surface area contributed by atoms with Crippen molar-refractivity contribution in [3.63, 3.8) is 0 Å². The van der Waals surface area contributed by atoms with E-state index in [-0.39, 0.29) is 17.0 Å². The van der Waals surface area contributed by atoms with Gasteiger partial charge in [-0.3, -0.25) is 4.79 Å². The van der Waals surface area contributed by atoms with Crippen LogP contribution in [0.1, 0.15) is 34.1 Å². The van der Waals surface area contributed by atoms with Crippen molar-refractivity contribution in [1.82, 2.24) is 9.73 Å². The van der Waals surface area contributed by atoms with Crippen molar-refractivity contribution in [1.29, 1.82) is 0 Å². The van der Waals surface area contributed by atoms with E-state index in [0.29, 0.717) is 21.8 Å². The predicted octanol–water partition coefficient (Wildman–Crippen LogP) is 5.84. The van der Waals surface area contributed by atoms with Crippen LogP contribution in [0.2, 0.25) is 5.02 Å². The number of urea groups is 1. The fraction of sp³-hybridized carbons (Fsp3) is 0.250. The molecule has 12 heteroatoms. The molecular formula is C28H29ClFN5O4S. The van der Waals surface area contributed by atoms with Crippen LogP contribution in [0.3, 0.4) is 0 Å². The lowest BCUT2D eigenvalue weighted by atomic mass is 9.97. The van der Waals surface area contributed by atoms with Gasteiger partial charge in [0.15, 0.2) is 0 Å². The van der Waals surface area contributed by atoms with Gasteiger partial charge < -0.3 is 10.6 Å². The van der Waals surface area contributed by atoms with E-state index in [1.54, 1.807) is 63.2 Å². The standard InChI is InChI=1S/C28H29ClFN5O4S/c1-27(2,3)34-40(38,39)24-8-6-5-7-21(24)18-9-14-23(22(30)17-18)33-25(36)28(4)15-16-31-35(28)26(37)32-20-12-10-19(29)11-13-20/h5-14,16-17,34H,15H2,1-4H3,(H,32,37)(H,33,36). The maximum Gasteiger partial charge on any atom is 0.343 e. The Morgan fingerprint density at radius 2 is 1.70 bits per heavy atom. The molecule has 1 unspecified atom stereocenters. The minimum atomic E-state index is -3.90. The molecule has 1 aliphatic heterocycles. The number of nitrogens with one attached hydrogen (secondary N) is 3. The van der Waals surface area contributed by atoms with E-state index in [9.17, 15) is 18.0 Å². The van der Waals surface area contributed by atoms with Gasteiger partial charge in [-0.05, 0) is 75.7 Å². The Hall–Kier alpha value is -3.80. The first-order valence-electron chi connectivity index (χ1n) is 12.3. The third-order valence-corrected chi connectivity index (χ3v) is 8.14. The molecule has 3 aromatic rings. The van der Waals surface area contributed by atoms with Crippen molar-refractivity contribution in [2.24, 2.45) is 5.10 Å². The molecule has 1 aliphatic rings. The zero-order chi connectivity index (χ0) is 29.3. The van der Waals surface area contributed by atoms with E-state index in [1.165, 1.54) is 31.3 Å². The molecule has 0 fully saturated rings. The van der Waals surface area contributed by atoms with E-state index < -0.39 is 38.9 Å². The van der Waals surface area contributed by atoms with Crippen molar-refractivity contribution in [3.05, 3.63) is 77.6 Å². The normalized spacial score (nSPS) is 17.1. The molecule has 210 valence electrons. The van der Waals surface area contributed by atoms with Crippen molar-refractivity contribution in [2.45, 2.75) is 50.1 Å². The van der Waals surface area contributed by atoms with Crippen LogP contribution >= 0.6 is 11.6 Å². The summed E-state index contributed by atoms with van der Waals surface area (Å²) in [6.07, 6.45) is 1.54. The molecule has 3 N–H and O–H groups in total. The molecular weight excluding hydrogens is 557 g/mol. The van der Waals surface area contributed by atoms with Gasteiger partial charge in [-0.25, -0.2) is 22.3 Å². The number of benzene rings is 3. The molecule has 1 heterocycles. The fourth-order valence-electron chi connectivity index (χ4n) is 4.13. The van der Waals surface area contributed by atoms with Crippen molar-refractivity contribution >= 4 is 51.2 Å². The van der Waals surface area contributed by atoms with Crippen LogP contribution < -0.4 is 15.4 Å². The average molecular weight is 586 g/mol. The van der Waals surface area contributed by atoms with Gasteiger partial charge in [0.05, 0.1) is 10.6 Å². The van der Waals surface area contributed by atoms with Crippen molar-refractivity contribution in [3.8, 4) is 11.1 Å². The molecule has 40 heavy (non-hydrogen) atoms. The smallest absolute Gasteiger partial charge is 0.321 e. The zero-order valence-corrected chi connectivity index (χ0v) is 23.9. The highest BCUT2D eigenvalue weighted by Crippen LogP contribution is 2.32. The van der Waals surface area contributed by atoms with Gasteiger partial charge in [-0.1, -0.05) is 35.9 Å². The third-order valence-electron chi connectivity index (χ3n) is 6.08. The number of hydrogen-bond acceptors (Lipinski definition) is 5. The van der Waals surface area contributed by atoms with Gasteiger partial charge >= 0.3 is 6.03 Å². The molecule has 3 aromatic carbocycles. The van der Waals surface area contributed by atoms with E-state index >= 15 is 4.39 Å². The second-order valence-electron chi connectivity index (χ2n) is 10.5. The summed E-state index contributed by atoms with van der Waals surface area (Å²) in [5.74, 6) is -1.43. The molecule has 1 atom stereocenters. The number of carbonyl (C=O) groups excluding carboxylic acids is 2. The first-order chi connectivity index (χ1) is 18.7. The summed E-state index contributed by atoms with van der Waals surface area (Å²) in [6.45, 7) is 6.69. The summed E-state index contributed by atoms with van der Waals surface area (Å²) < 4.78 is 43.9. The number of hydrazone groups is 1. The van der Waals surface area contributed by atoms with Gasteiger partial charge in [0.25, 0.3) is 5.91 Å². The summed E-state index contributed by atoms with van der Waals surface area (Å²) in [7, 11) is -3.90. The first-order valence-corrected chi connectivity index (χ1v) is 14.2. The molecule has 4 rings (SSSR count). The minimum absolute atomic E-state index is 0.000863. The zero-order valence-electron chi connectivity index (χ0n) is 22.3. The third kappa shape index (κ3) is 6.33. The summed E-state index contributed by atoms with van der Waals surface area (Å²) in [5, 5.41) is 10.8. The molecule has 3 amide bonds.